The fourth-order valence-electron chi connectivity index (χ4n) is 2.41. The molecule has 2 aromatic carbocycles. The average molecular weight is 381 g/mol. The van der Waals surface area contributed by atoms with Crippen molar-refractivity contribution in [2.24, 2.45) is 0 Å². The molecule has 0 aliphatic heterocycles. The number of carbonyl (C=O) groups is 1. The number of carbonyl (C=O) groups excluding carboxylic acids is 1. The third-order valence-electron chi connectivity index (χ3n) is 3.87. The van der Waals surface area contributed by atoms with Crippen LogP contribution in [0.15, 0.2) is 36.4 Å². The monoisotopic (exact) mass is 380 g/mol. The maximum absolute atomic E-state index is 12.9. The molecule has 1 amide bonds. The first-order valence-electron chi connectivity index (χ1n) is 8.14. The first-order chi connectivity index (χ1) is 12.4. The van der Waals surface area contributed by atoms with E-state index in [1.165, 1.54) is 26.4 Å². The van der Waals surface area contributed by atoms with Gasteiger partial charge >= 0.3 is 0 Å². The highest BCUT2D eigenvalue weighted by Gasteiger charge is 2.16. The number of rotatable bonds is 8. The summed E-state index contributed by atoms with van der Waals surface area (Å²) in [5.41, 5.74) is 1.55. The molecule has 2 aromatic rings. The van der Waals surface area contributed by atoms with Crippen molar-refractivity contribution in [2.45, 2.75) is 19.4 Å². The van der Waals surface area contributed by atoms with Crippen LogP contribution in [-0.2, 0) is 11.2 Å². The lowest BCUT2D eigenvalue weighted by Gasteiger charge is -2.18. The normalized spacial score (nSPS) is 11.6. The van der Waals surface area contributed by atoms with Gasteiger partial charge in [0.15, 0.2) is 0 Å². The van der Waals surface area contributed by atoms with E-state index in [0.29, 0.717) is 35.2 Å². The summed E-state index contributed by atoms with van der Waals surface area (Å²) in [5, 5.41) is 6.35. The van der Waals surface area contributed by atoms with Gasteiger partial charge in [0.2, 0.25) is 5.91 Å². The molecule has 0 aliphatic carbocycles. The molecule has 0 saturated carbocycles. The molecule has 0 aliphatic rings. The number of anilines is 1. The minimum absolute atomic E-state index is 0.166. The third-order valence-corrected chi connectivity index (χ3v) is 4.16. The van der Waals surface area contributed by atoms with Crippen molar-refractivity contribution in [1.29, 1.82) is 0 Å². The van der Waals surface area contributed by atoms with Crippen molar-refractivity contribution < 1.29 is 18.7 Å². The van der Waals surface area contributed by atoms with Crippen molar-refractivity contribution in [3.63, 3.8) is 0 Å². The second kappa shape index (κ2) is 9.29. The van der Waals surface area contributed by atoms with Crippen LogP contribution in [0.25, 0.3) is 0 Å². The molecule has 5 nitrogen and oxygen atoms in total. The Balaban J connectivity index is 1.92. The standard InChI is InChI=1S/C19H22ClFN2O3/c1-12(19(24)22-9-8-13-4-6-14(21)7-5-13)23-16-10-15(20)17(25-2)11-18(16)26-3/h4-7,10-12,23H,8-9H2,1-3H3,(H,22,24)/t12-/m0/s1. The van der Waals surface area contributed by atoms with Crippen molar-refractivity contribution in [3.05, 3.63) is 52.8 Å². The van der Waals surface area contributed by atoms with Gasteiger partial charge in [0.25, 0.3) is 0 Å². The van der Waals surface area contributed by atoms with Gasteiger partial charge in [-0.1, -0.05) is 23.7 Å². The Morgan fingerprint density at radius 3 is 2.42 bits per heavy atom. The zero-order chi connectivity index (χ0) is 19.1. The molecule has 0 unspecified atom stereocenters. The summed E-state index contributed by atoms with van der Waals surface area (Å²) in [7, 11) is 3.05. The Labute approximate surface area is 157 Å². The summed E-state index contributed by atoms with van der Waals surface area (Å²) < 4.78 is 23.3. The van der Waals surface area contributed by atoms with E-state index < -0.39 is 6.04 Å². The van der Waals surface area contributed by atoms with E-state index in [9.17, 15) is 9.18 Å². The fraction of sp³-hybridized carbons (Fsp3) is 0.316. The molecule has 1 atom stereocenters. The molecular formula is C19H22ClFN2O3. The summed E-state index contributed by atoms with van der Waals surface area (Å²) in [6.45, 7) is 2.20. The highest BCUT2D eigenvalue weighted by Crippen LogP contribution is 2.36. The summed E-state index contributed by atoms with van der Waals surface area (Å²) in [5.74, 6) is 0.575. The third kappa shape index (κ3) is 5.26. The molecule has 2 N–H and O–H groups in total. The van der Waals surface area contributed by atoms with Gasteiger partial charge in [-0.05, 0) is 37.1 Å². The van der Waals surface area contributed by atoms with Gasteiger partial charge in [-0.2, -0.15) is 0 Å². The van der Waals surface area contributed by atoms with Gasteiger partial charge in [0.05, 0.1) is 24.9 Å². The second-order valence-corrected chi connectivity index (χ2v) is 6.13. The lowest BCUT2D eigenvalue weighted by Crippen LogP contribution is -2.38. The van der Waals surface area contributed by atoms with E-state index >= 15 is 0 Å². The topological polar surface area (TPSA) is 59.6 Å². The van der Waals surface area contributed by atoms with Crippen LogP contribution in [0.1, 0.15) is 12.5 Å². The molecule has 0 fully saturated rings. The van der Waals surface area contributed by atoms with Gasteiger partial charge in [-0.25, -0.2) is 4.39 Å². The van der Waals surface area contributed by atoms with E-state index in [1.807, 2.05) is 0 Å². The van der Waals surface area contributed by atoms with Crippen LogP contribution in [-0.4, -0.2) is 32.7 Å². The summed E-state index contributed by atoms with van der Waals surface area (Å²) in [6.07, 6.45) is 0.621. The lowest BCUT2D eigenvalue weighted by atomic mass is 10.1. The number of nitrogens with one attached hydrogen (secondary N) is 2. The molecule has 0 saturated heterocycles. The van der Waals surface area contributed by atoms with E-state index in [4.69, 9.17) is 21.1 Å². The number of ether oxygens (including phenoxy) is 2. The number of halogens is 2. The highest BCUT2D eigenvalue weighted by atomic mass is 35.5. The van der Waals surface area contributed by atoms with E-state index in [2.05, 4.69) is 10.6 Å². The predicted octanol–water partition coefficient (Wildman–Crippen LogP) is 3.66. The van der Waals surface area contributed by atoms with Gasteiger partial charge in [-0.15, -0.1) is 0 Å². The van der Waals surface area contributed by atoms with Gasteiger partial charge in [0.1, 0.15) is 23.4 Å². The molecule has 0 heterocycles. The van der Waals surface area contributed by atoms with Crippen LogP contribution in [0.3, 0.4) is 0 Å². The maximum atomic E-state index is 12.9. The Morgan fingerprint density at radius 2 is 1.81 bits per heavy atom. The minimum Gasteiger partial charge on any atom is -0.495 e. The number of hydrogen-bond acceptors (Lipinski definition) is 4. The predicted molar refractivity (Wildman–Crippen MR) is 101 cm³/mol. The van der Waals surface area contributed by atoms with E-state index in [-0.39, 0.29) is 11.7 Å². The Bertz CT molecular complexity index is 753. The number of methoxy groups -OCH3 is 2. The Hall–Kier alpha value is -2.47. The van der Waals surface area contributed by atoms with Crippen molar-refractivity contribution in [2.75, 3.05) is 26.1 Å². The number of amides is 1. The smallest absolute Gasteiger partial charge is 0.242 e. The summed E-state index contributed by atoms with van der Waals surface area (Å²) in [6, 6.07) is 9.02. The van der Waals surface area contributed by atoms with Crippen LogP contribution in [0.5, 0.6) is 11.5 Å². The number of benzene rings is 2. The van der Waals surface area contributed by atoms with Gasteiger partial charge in [0, 0.05) is 12.6 Å². The van der Waals surface area contributed by atoms with E-state index in [1.54, 1.807) is 31.2 Å². The first-order valence-corrected chi connectivity index (χ1v) is 8.52. The van der Waals surface area contributed by atoms with Crippen LogP contribution >= 0.6 is 11.6 Å². The quantitative estimate of drug-likeness (QED) is 0.733. The van der Waals surface area contributed by atoms with Gasteiger partial charge in [-0.3, -0.25) is 4.79 Å². The zero-order valence-electron chi connectivity index (χ0n) is 14.9. The van der Waals surface area contributed by atoms with Crippen LogP contribution in [0.2, 0.25) is 5.02 Å². The number of hydrogen-bond donors (Lipinski definition) is 2. The van der Waals surface area contributed by atoms with Crippen molar-refractivity contribution in [3.8, 4) is 11.5 Å². The summed E-state index contributed by atoms with van der Waals surface area (Å²) >= 11 is 6.14. The SMILES string of the molecule is COc1cc(OC)c(N[C@@H](C)C(=O)NCCc2ccc(F)cc2)cc1Cl. The second-order valence-electron chi connectivity index (χ2n) is 5.72. The van der Waals surface area contributed by atoms with Crippen molar-refractivity contribution >= 4 is 23.2 Å². The lowest BCUT2D eigenvalue weighted by molar-refractivity contribution is -0.121. The van der Waals surface area contributed by atoms with E-state index in [0.717, 1.165) is 5.56 Å². The molecule has 0 bridgehead atoms. The van der Waals surface area contributed by atoms with Crippen LogP contribution < -0.4 is 20.1 Å². The van der Waals surface area contributed by atoms with Crippen LogP contribution in [0, 0.1) is 5.82 Å². The Kier molecular flexibility index (Phi) is 7.09. The molecule has 140 valence electrons. The molecular weight excluding hydrogens is 359 g/mol. The first kappa shape index (κ1) is 19.8. The molecule has 26 heavy (non-hydrogen) atoms. The fourth-order valence-corrected chi connectivity index (χ4v) is 2.65. The van der Waals surface area contributed by atoms with Gasteiger partial charge < -0.3 is 20.1 Å². The Morgan fingerprint density at radius 1 is 1.15 bits per heavy atom. The maximum Gasteiger partial charge on any atom is 0.242 e. The highest BCUT2D eigenvalue weighted by molar-refractivity contribution is 6.32. The average Bonchev–Trinajstić information content (AvgIpc) is 2.63. The summed E-state index contributed by atoms with van der Waals surface area (Å²) in [4.78, 5) is 12.3. The minimum atomic E-state index is -0.499. The zero-order valence-corrected chi connectivity index (χ0v) is 15.7. The van der Waals surface area contributed by atoms with Crippen LogP contribution in [0.4, 0.5) is 10.1 Å². The molecule has 7 heteroatoms. The van der Waals surface area contributed by atoms with Crippen molar-refractivity contribution in [1.82, 2.24) is 5.32 Å². The largest absolute Gasteiger partial charge is 0.495 e. The molecule has 0 aromatic heterocycles. The molecule has 0 spiro atoms. The molecule has 2 rings (SSSR count). The molecule has 0 radical (unpaired) electrons.